The summed E-state index contributed by atoms with van der Waals surface area (Å²) in [5.74, 6) is 0.227. The van der Waals surface area contributed by atoms with Gasteiger partial charge in [0.25, 0.3) is 5.91 Å². The van der Waals surface area contributed by atoms with Gasteiger partial charge in [-0.05, 0) is 36.6 Å². The lowest BCUT2D eigenvalue weighted by Crippen LogP contribution is -2.16. The second-order valence-electron chi connectivity index (χ2n) is 5.81. The maximum atomic E-state index is 12.5. The maximum absolute atomic E-state index is 12.5. The van der Waals surface area contributed by atoms with Crippen LogP contribution in [0.2, 0.25) is 5.02 Å². The molecule has 0 bridgehead atoms. The van der Waals surface area contributed by atoms with E-state index in [1.165, 1.54) is 12.4 Å². The molecule has 26 heavy (non-hydrogen) atoms. The third-order valence-corrected chi connectivity index (χ3v) is 4.33. The maximum Gasteiger partial charge on any atom is 0.275 e. The minimum Gasteiger partial charge on any atom is -0.338 e. The SMILES string of the molecule is CCc1cccc(C)c1NC(=O)c1cnc(Nc2ccccc2Cl)cn1. The summed E-state index contributed by atoms with van der Waals surface area (Å²) in [5.41, 5.74) is 3.92. The van der Waals surface area contributed by atoms with Crippen LogP contribution in [0, 0.1) is 6.92 Å². The lowest BCUT2D eigenvalue weighted by molar-refractivity contribution is 0.102. The Kier molecular flexibility index (Phi) is 5.49. The van der Waals surface area contributed by atoms with Gasteiger partial charge >= 0.3 is 0 Å². The van der Waals surface area contributed by atoms with Crippen LogP contribution in [0.4, 0.5) is 17.2 Å². The van der Waals surface area contributed by atoms with E-state index in [4.69, 9.17) is 11.6 Å². The molecule has 0 fully saturated rings. The molecule has 3 aromatic rings. The van der Waals surface area contributed by atoms with E-state index in [1.807, 2.05) is 43.3 Å². The van der Waals surface area contributed by atoms with Crippen LogP contribution in [0.15, 0.2) is 54.9 Å². The number of halogens is 1. The van der Waals surface area contributed by atoms with Crippen LogP contribution in [0.5, 0.6) is 0 Å². The first-order valence-electron chi connectivity index (χ1n) is 8.32. The second kappa shape index (κ2) is 7.97. The van der Waals surface area contributed by atoms with Gasteiger partial charge in [0.1, 0.15) is 11.5 Å². The van der Waals surface area contributed by atoms with Gasteiger partial charge in [0.15, 0.2) is 0 Å². The monoisotopic (exact) mass is 366 g/mol. The van der Waals surface area contributed by atoms with Gasteiger partial charge in [-0.25, -0.2) is 9.97 Å². The first-order chi connectivity index (χ1) is 12.6. The summed E-state index contributed by atoms with van der Waals surface area (Å²) in [6, 6.07) is 13.3. The Morgan fingerprint density at radius 1 is 1.08 bits per heavy atom. The zero-order valence-corrected chi connectivity index (χ0v) is 15.3. The van der Waals surface area contributed by atoms with Crippen molar-refractivity contribution in [2.45, 2.75) is 20.3 Å². The molecule has 2 aromatic carbocycles. The summed E-state index contributed by atoms with van der Waals surface area (Å²) < 4.78 is 0. The molecule has 0 unspecified atom stereocenters. The molecule has 6 heteroatoms. The number of hydrogen-bond acceptors (Lipinski definition) is 4. The Bertz CT molecular complexity index is 925. The van der Waals surface area contributed by atoms with Crippen molar-refractivity contribution in [2.24, 2.45) is 0 Å². The van der Waals surface area contributed by atoms with E-state index in [1.54, 1.807) is 6.07 Å². The van der Waals surface area contributed by atoms with Crippen LogP contribution < -0.4 is 10.6 Å². The van der Waals surface area contributed by atoms with E-state index in [-0.39, 0.29) is 11.6 Å². The number of carbonyl (C=O) groups is 1. The largest absolute Gasteiger partial charge is 0.338 e. The number of benzene rings is 2. The number of aromatic nitrogens is 2. The Morgan fingerprint density at radius 3 is 2.58 bits per heavy atom. The van der Waals surface area contributed by atoms with Crippen molar-refractivity contribution in [1.82, 2.24) is 9.97 Å². The van der Waals surface area contributed by atoms with Crippen molar-refractivity contribution in [3.05, 3.63) is 76.7 Å². The predicted molar refractivity (Wildman–Crippen MR) is 105 cm³/mol. The highest BCUT2D eigenvalue weighted by Crippen LogP contribution is 2.24. The van der Waals surface area contributed by atoms with Gasteiger partial charge in [-0.2, -0.15) is 0 Å². The molecule has 3 rings (SSSR count). The van der Waals surface area contributed by atoms with Crippen LogP contribution in [0.1, 0.15) is 28.5 Å². The Balaban J connectivity index is 1.75. The lowest BCUT2D eigenvalue weighted by Gasteiger charge is -2.13. The first-order valence-corrected chi connectivity index (χ1v) is 8.69. The molecule has 0 atom stereocenters. The van der Waals surface area contributed by atoms with Gasteiger partial charge < -0.3 is 10.6 Å². The predicted octanol–water partition coefficient (Wildman–Crippen LogP) is 5.00. The summed E-state index contributed by atoms with van der Waals surface area (Å²) >= 11 is 6.11. The molecule has 0 aliphatic carbocycles. The zero-order chi connectivity index (χ0) is 18.5. The molecule has 132 valence electrons. The lowest BCUT2D eigenvalue weighted by atomic mass is 10.1. The van der Waals surface area contributed by atoms with Crippen molar-refractivity contribution in [2.75, 3.05) is 10.6 Å². The summed E-state index contributed by atoms with van der Waals surface area (Å²) in [4.78, 5) is 21.0. The molecule has 1 heterocycles. The number of aryl methyl sites for hydroxylation is 2. The Hall–Kier alpha value is -2.92. The molecule has 5 nitrogen and oxygen atoms in total. The van der Waals surface area contributed by atoms with Crippen molar-refractivity contribution in [3.63, 3.8) is 0 Å². The standard InChI is InChI=1S/C20H19ClN4O/c1-3-14-8-6-7-13(2)19(14)25-20(26)17-11-23-18(12-22-17)24-16-10-5-4-9-15(16)21/h4-12H,3H2,1-2H3,(H,23,24)(H,25,26). The third-order valence-electron chi connectivity index (χ3n) is 4.00. The fraction of sp³-hybridized carbons (Fsp3) is 0.150. The average molecular weight is 367 g/mol. The van der Waals surface area contributed by atoms with E-state index in [0.717, 1.165) is 28.9 Å². The summed E-state index contributed by atoms with van der Waals surface area (Å²) in [6.45, 7) is 4.02. The van der Waals surface area contributed by atoms with E-state index in [9.17, 15) is 4.79 Å². The topological polar surface area (TPSA) is 66.9 Å². The molecule has 0 radical (unpaired) electrons. The Morgan fingerprint density at radius 2 is 1.88 bits per heavy atom. The third kappa shape index (κ3) is 4.00. The quantitative estimate of drug-likeness (QED) is 0.667. The van der Waals surface area contributed by atoms with Crippen LogP contribution >= 0.6 is 11.6 Å². The fourth-order valence-electron chi connectivity index (χ4n) is 2.59. The highest BCUT2D eigenvalue weighted by molar-refractivity contribution is 6.33. The van der Waals surface area contributed by atoms with Gasteiger partial charge in [-0.3, -0.25) is 4.79 Å². The summed E-state index contributed by atoms with van der Waals surface area (Å²) in [5, 5.41) is 6.61. The first kappa shape index (κ1) is 17.9. The number of nitrogens with zero attached hydrogens (tertiary/aromatic N) is 2. The molecule has 1 aromatic heterocycles. The molecule has 0 aliphatic heterocycles. The highest BCUT2D eigenvalue weighted by Gasteiger charge is 2.12. The fourth-order valence-corrected chi connectivity index (χ4v) is 2.77. The minimum absolute atomic E-state index is 0.250. The Labute approximate surface area is 157 Å². The number of anilines is 3. The molecule has 0 saturated heterocycles. The number of carbonyl (C=O) groups excluding carboxylic acids is 1. The van der Waals surface area contributed by atoms with Crippen LogP contribution in [-0.4, -0.2) is 15.9 Å². The highest BCUT2D eigenvalue weighted by atomic mass is 35.5. The molecule has 1 amide bonds. The van der Waals surface area contributed by atoms with Gasteiger partial charge in [-0.15, -0.1) is 0 Å². The van der Waals surface area contributed by atoms with Gasteiger partial charge in [0.05, 0.1) is 23.1 Å². The van der Waals surface area contributed by atoms with Crippen LogP contribution in [0.3, 0.4) is 0 Å². The van der Waals surface area contributed by atoms with E-state index < -0.39 is 0 Å². The number of rotatable bonds is 5. The normalized spacial score (nSPS) is 10.4. The van der Waals surface area contributed by atoms with Gasteiger partial charge in [0, 0.05) is 5.69 Å². The minimum atomic E-state index is -0.286. The summed E-state index contributed by atoms with van der Waals surface area (Å²) in [7, 11) is 0. The van der Waals surface area contributed by atoms with Crippen molar-refractivity contribution < 1.29 is 4.79 Å². The van der Waals surface area contributed by atoms with E-state index in [0.29, 0.717) is 10.8 Å². The van der Waals surface area contributed by atoms with Crippen molar-refractivity contribution >= 4 is 34.7 Å². The molecular weight excluding hydrogens is 348 g/mol. The van der Waals surface area contributed by atoms with Crippen molar-refractivity contribution in [3.8, 4) is 0 Å². The second-order valence-corrected chi connectivity index (χ2v) is 6.22. The molecular formula is C20H19ClN4O. The van der Waals surface area contributed by atoms with Crippen molar-refractivity contribution in [1.29, 1.82) is 0 Å². The average Bonchev–Trinajstić information content (AvgIpc) is 2.65. The number of para-hydroxylation sites is 2. The van der Waals surface area contributed by atoms with E-state index in [2.05, 4.69) is 27.5 Å². The van der Waals surface area contributed by atoms with Gasteiger partial charge in [-0.1, -0.05) is 48.9 Å². The van der Waals surface area contributed by atoms with Gasteiger partial charge in [0.2, 0.25) is 0 Å². The number of nitrogens with one attached hydrogen (secondary N) is 2. The van der Waals surface area contributed by atoms with E-state index >= 15 is 0 Å². The smallest absolute Gasteiger partial charge is 0.275 e. The molecule has 0 saturated carbocycles. The number of amides is 1. The van der Waals surface area contributed by atoms with Crippen LogP contribution in [-0.2, 0) is 6.42 Å². The zero-order valence-electron chi connectivity index (χ0n) is 14.6. The summed E-state index contributed by atoms with van der Waals surface area (Å²) in [6.07, 6.45) is 3.79. The molecule has 0 aliphatic rings. The molecule has 2 N–H and O–H groups in total. The number of hydrogen-bond donors (Lipinski definition) is 2. The molecule has 0 spiro atoms. The van der Waals surface area contributed by atoms with Crippen LogP contribution in [0.25, 0.3) is 0 Å².